The average molecular weight is 337 g/mol. The van der Waals surface area contributed by atoms with E-state index in [1.54, 1.807) is 25.9 Å². The van der Waals surface area contributed by atoms with Crippen molar-refractivity contribution in [3.05, 3.63) is 35.8 Å². The van der Waals surface area contributed by atoms with Crippen molar-refractivity contribution >= 4 is 23.9 Å². The van der Waals surface area contributed by atoms with Crippen molar-refractivity contribution < 1.29 is 60.9 Å². The molecule has 0 bridgehead atoms. The Morgan fingerprint density at radius 1 is 1.48 bits per heavy atom. The topological polar surface area (TPSA) is 56.5 Å². The molecule has 0 aliphatic carbocycles. The predicted molar refractivity (Wildman–Crippen MR) is 80.7 cm³/mol. The maximum Gasteiger partial charge on any atom is 1.00 e. The SMILES string of the molecule is [CH2-]N(CCC(=O)OCC)c1[c-]n(C)c(=O)n(C)c1=S.[CH3-].[K+]. The van der Waals surface area contributed by atoms with Crippen LogP contribution in [-0.4, -0.2) is 28.3 Å². The van der Waals surface area contributed by atoms with Gasteiger partial charge in [0.1, 0.15) is 0 Å². The minimum absolute atomic E-state index is 0. The monoisotopic (exact) mass is 337 g/mol. The molecule has 8 heteroatoms. The molecule has 21 heavy (non-hydrogen) atoms. The number of carbonyl (C=O) groups excluding carboxylic acids is 1. The molecule has 114 valence electrons. The van der Waals surface area contributed by atoms with E-state index in [9.17, 15) is 9.59 Å². The summed E-state index contributed by atoms with van der Waals surface area (Å²) in [4.78, 5) is 24.4. The van der Waals surface area contributed by atoms with Crippen LogP contribution in [0.3, 0.4) is 0 Å². The van der Waals surface area contributed by atoms with E-state index in [0.29, 0.717) is 23.5 Å². The molecule has 0 unspecified atom stereocenters. The molecular weight excluding hydrogens is 317 g/mol. The normalized spacial score (nSPS) is 9.33. The van der Waals surface area contributed by atoms with Gasteiger partial charge < -0.3 is 31.0 Å². The maximum atomic E-state index is 11.6. The van der Waals surface area contributed by atoms with Gasteiger partial charge in [-0.25, -0.2) is 0 Å². The average Bonchev–Trinajstić information content (AvgIpc) is 2.38. The van der Waals surface area contributed by atoms with Gasteiger partial charge in [-0.1, -0.05) is 11.9 Å². The predicted octanol–water partition coefficient (Wildman–Crippen LogP) is -1.74. The molecule has 0 saturated carbocycles. The van der Waals surface area contributed by atoms with Crippen LogP contribution in [0.4, 0.5) is 5.69 Å². The van der Waals surface area contributed by atoms with Crippen LogP contribution in [0.1, 0.15) is 13.3 Å². The maximum absolute atomic E-state index is 11.6. The summed E-state index contributed by atoms with van der Waals surface area (Å²) < 4.78 is 7.81. The molecule has 6 nitrogen and oxygen atoms in total. The van der Waals surface area contributed by atoms with Gasteiger partial charge in [-0.15, -0.1) is 12.2 Å². The molecule has 0 N–H and O–H groups in total. The van der Waals surface area contributed by atoms with E-state index < -0.39 is 0 Å². The molecular formula is C13H20KN3O3S-2. The quantitative estimate of drug-likeness (QED) is 0.276. The Bertz CT molecular complexity index is 583. The van der Waals surface area contributed by atoms with Crippen LogP contribution in [0.15, 0.2) is 4.79 Å². The number of carbonyl (C=O) groups is 1. The first kappa shape index (κ1) is 23.3. The zero-order valence-electron chi connectivity index (χ0n) is 13.3. The third-order valence-electron chi connectivity index (χ3n) is 2.56. The molecule has 0 saturated heterocycles. The van der Waals surface area contributed by atoms with E-state index in [1.165, 1.54) is 9.13 Å². The molecule has 0 aliphatic rings. The third-order valence-corrected chi connectivity index (χ3v) is 3.03. The molecule has 0 radical (unpaired) electrons. The van der Waals surface area contributed by atoms with E-state index in [2.05, 4.69) is 13.2 Å². The van der Waals surface area contributed by atoms with Crippen LogP contribution in [0.5, 0.6) is 0 Å². The Hall–Kier alpha value is 0.00636. The first-order valence-electron chi connectivity index (χ1n) is 5.81. The first-order valence-corrected chi connectivity index (χ1v) is 6.22. The smallest absolute Gasteiger partial charge is 0.542 e. The summed E-state index contributed by atoms with van der Waals surface area (Å²) in [6.45, 7) is 2.45. The minimum atomic E-state index is -0.295. The van der Waals surface area contributed by atoms with Crippen LogP contribution in [-0.2, 0) is 23.6 Å². The molecule has 0 aromatic carbocycles. The molecule has 0 spiro atoms. The molecule has 1 aromatic heterocycles. The molecule has 0 amide bonds. The summed E-state index contributed by atoms with van der Waals surface area (Å²) in [6.07, 6.45) is 3.03. The van der Waals surface area contributed by atoms with Crippen molar-refractivity contribution in [1.82, 2.24) is 9.13 Å². The molecule has 1 aromatic rings. The summed E-state index contributed by atoms with van der Waals surface area (Å²) in [5.74, 6) is -0.295. The van der Waals surface area contributed by atoms with Gasteiger partial charge >= 0.3 is 57.4 Å². The summed E-state index contributed by atoms with van der Waals surface area (Å²) in [5, 5.41) is 0. The molecule has 1 heterocycles. The number of hydrogen-bond acceptors (Lipinski definition) is 5. The second kappa shape index (κ2) is 10.7. The van der Waals surface area contributed by atoms with E-state index in [0.717, 1.165) is 0 Å². The minimum Gasteiger partial charge on any atom is -0.542 e. The fourth-order valence-electron chi connectivity index (χ4n) is 1.50. The number of anilines is 1. The molecule has 0 aliphatic heterocycles. The number of rotatable bonds is 5. The standard InChI is InChI=1S/C12H17N3O3S.CH3.K/c1-5-18-10(16)6-7-13(2)9-8-14(3)12(17)15(4)11(9)19;;/h2,5-7H2,1,3-4H3;1H3;/q-2;-1;+1. The molecule has 0 fully saturated rings. The Morgan fingerprint density at radius 3 is 2.57 bits per heavy atom. The number of ether oxygens (including phenoxy) is 1. The number of aromatic nitrogens is 2. The molecule has 1 rings (SSSR count). The summed E-state index contributed by atoms with van der Waals surface area (Å²) in [6, 6.07) is 0. The van der Waals surface area contributed by atoms with Crippen molar-refractivity contribution in [3.8, 4) is 0 Å². The van der Waals surface area contributed by atoms with Gasteiger partial charge in [-0.2, -0.15) is 0 Å². The van der Waals surface area contributed by atoms with Crippen LogP contribution in [0.25, 0.3) is 0 Å². The van der Waals surface area contributed by atoms with Gasteiger partial charge in [0.05, 0.1) is 13.0 Å². The van der Waals surface area contributed by atoms with E-state index in [4.69, 9.17) is 17.0 Å². The number of aryl methyl sites for hydroxylation is 1. The third kappa shape index (κ3) is 6.33. The van der Waals surface area contributed by atoms with E-state index in [-0.39, 0.29) is 76.9 Å². The first-order chi connectivity index (χ1) is 8.88. The van der Waals surface area contributed by atoms with Gasteiger partial charge in [0.15, 0.2) is 0 Å². The Labute approximate surface area is 173 Å². The van der Waals surface area contributed by atoms with Crippen LogP contribution in [0.2, 0.25) is 0 Å². The number of esters is 1. The van der Waals surface area contributed by atoms with Crippen molar-refractivity contribution in [2.24, 2.45) is 14.1 Å². The van der Waals surface area contributed by atoms with Gasteiger partial charge in [-0.05, 0) is 27.6 Å². The summed E-state index contributed by atoms with van der Waals surface area (Å²) >= 11 is 5.17. The summed E-state index contributed by atoms with van der Waals surface area (Å²) in [7, 11) is 6.98. The zero-order chi connectivity index (χ0) is 14.6. The van der Waals surface area contributed by atoms with Crippen LogP contribution in [0, 0.1) is 25.3 Å². The van der Waals surface area contributed by atoms with Crippen LogP contribution >= 0.6 is 12.2 Å². The summed E-state index contributed by atoms with van der Waals surface area (Å²) in [5.41, 5.74) is 0.247. The zero-order valence-corrected chi connectivity index (χ0v) is 17.2. The van der Waals surface area contributed by atoms with Gasteiger partial charge in [-0.3, -0.25) is 11.8 Å². The fraction of sp³-hybridized carbons (Fsp3) is 0.462. The fourth-order valence-corrected chi connectivity index (χ4v) is 1.76. The largest absolute Gasteiger partial charge is 1.00 e. The van der Waals surface area contributed by atoms with Crippen molar-refractivity contribution in [3.63, 3.8) is 0 Å². The Morgan fingerprint density at radius 2 is 2.05 bits per heavy atom. The van der Waals surface area contributed by atoms with E-state index >= 15 is 0 Å². The number of hydrogen-bond donors (Lipinski definition) is 0. The Balaban J connectivity index is 0. The number of nitrogens with zero attached hydrogens (tertiary/aromatic N) is 3. The second-order valence-electron chi connectivity index (χ2n) is 3.98. The van der Waals surface area contributed by atoms with Crippen molar-refractivity contribution in [2.45, 2.75) is 13.3 Å². The van der Waals surface area contributed by atoms with Gasteiger partial charge in [0.25, 0.3) is 0 Å². The van der Waals surface area contributed by atoms with Crippen molar-refractivity contribution in [1.29, 1.82) is 0 Å². The van der Waals surface area contributed by atoms with E-state index in [1.807, 2.05) is 0 Å². The second-order valence-corrected chi connectivity index (χ2v) is 4.37. The van der Waals surface area contributed by atoms with Gasteiger partial charge in [0.2, 0.25) is 5.69 Å². The molecule has 0 atom stereocenters. The Kier molecular flexibility index (Phi) is 11.8. The van der Waals surface area contributed by atoms with Crippen LogP contribution < -0.4 is 62.0 Å². The van der Waals surface area contributed by atoms with Gasteiger partial charge in [0, 0.05) is 4.64 Å². The van der Waals surface area contributed by atoms with Crippen molar-refractivity contribution in [2.75, 3.05) is 18.1 Å².